The van der Waals surface area contributed by atoms with Crippen LogP contribution in [0.4, 0.5) is 0 Å². The van der Waals surface area contributed by atoms with E-state index in [2.05, 4.69) is 20.8 Å². The molecule has 0 radical (unpaired) electrons. The molecular formula is C15H24N4O3S. The molecule has 7 nitrogen and oxygen atoms in total. The topological polar surface area (TPSA) is 87.7 Å². The SMILES string of the molecule is CCOC(=O)c1c(C)[nH]c(/C=N/NC(=S)N[C@@H](C)COC)c1C. The maximum atomic E-state index is 11.9. The summed E-state index contributed by atoms with van der Waals surface area (Å²) < 4.78 is 10.1. The van der Waals surface area contributed by atoms with Gasteiger partial charge in [0.1, 0.15) is 0 Å². The Bertz CT molecular complexity index is 584. The molecule has 0 unspecified atom stereocenters. The number of nitrogens with one attached hydrogen (secondary N) is 3. The number of thiocarbonyl (C=S) groups is 1. The maximum absolute atomic E-state index is 11.9. The molecule has 23 heavy (non-hydrogen) atoms. The molecule has 1 aromatic heterocycles. The summed E-state index contributed by atoms with van der Waals surface area (Å²) in [7, 11) is 1.63. The molecule has 0 saturated carbocycles. The summed E-state index contributed by atoms with van der Waals surface area (Å²) in [4.78, 5) is 15.0. The first-order valence-corrected chi connectivity index (χ1v) is 7.76. The molecule has 0 saturated heterocycles. The Balaban J connectivity index is 2.69. The van der Waals surface area contributed by atoms with Gasteiger partial charge in [-0.2, -0.15) is 5.10 Å². The number of methoxy groups -OCH3 is 1. The van der Waals surface area contributed by atoms with E-state index in [9.17, 15) is 4.79 Å². The van der Waals surface area contributed by atoms with Crippen LogP contribution in [0.15, 0.2) is 5.10 Å². The Labute approximate surface area is 141 Å². The van der Waals surface area contributed by atoms with Gasteiger partial charge in [0.2, 0.25) is 0 Å². The quantitative estimate of drug-likeness (QED) is 0.303. The van der Waals surface area contributed by atoms with Crippen molar-refractivity contribution >= 4 is 29.5 Å². The molecule has 0 aliphatic rings. The molecule has 0 aliphatic heterocycles. The Hall–Kier alpha value is -1.93. The van der Waals surface area contributed by atoms with Gasteiger partial charge in [-0.1, -0.05) is 0 Å². The van der Waals surface area contributed by atoms with Crippen LogP contribution in [0.3, 0.4) is 0 Å². The first kappa shape index (κ1) is 19.1. The molecule has 0 aromatic carbocycles. The summed E-state index contributed by atoms with van der Waals surface area (Å²) >= 11 is 5.12. The summed E-state index contributed by atoms with van der Waals surface area (Å²) in [5, 5.41) is 7.50. The predicted octanol–water partition coefficient (Wildman–Crippen LogP) is 1.64. The van der Waals surface area contributed by atoms with Crippen molar-refractivity contribution in [2.75, 3.05) is 20.3 Å². The molecule has 8 heteroatoms. The van der Waals surface area contributed by atoms with Gasteiger partial charge >= 0.3 is 5.97 Å². The summed E-state index contributed by atoms with van der Waals surface area (Å²) in [5.41, 5.74) is 5.54. The van der Waals surface area contributed by atoms with Gasteiger partial charge < -0.3 is 19.8 Å². The Kier molecular flexibility index (Phi) is 7.70. The normalized spacial score (nSPS) is 12.2. The van der Waals surface area contributed by atoms with E-state index >= 15 is 0 Å². The molecule has 0 bridgehead atoms. The van der Waals surface area contributed by atoms with Crippen LogP contribution in [0.1, 0.15) is 41.2 Å². The van der Waals surface area contributed by atoms with E-state index in [1.165, 1.54) is 0 Å². The van der Waals surface area contributed by atoms with E-state index in [4.69, 9.17) is 21.7 Å². The molecule has 0 amide bonds. The van der Waals surface area contributed by atoms with Crippen molar-refractivity contribution in [3.05, 3.63) is 22.5 Å². The molecule has 1 rings (SSSR count). The molecule has 1 aromatic rings. The minimum absolute atomic E-state index is 0.0834. The van der Waals surface area contributed by atoms with Crippen LogP contribution in [0.25, 0.3) is 0 Å². The van der Waals surface area contributed by atoms with Crippen LogP contribution in [0, 0.1) is 13.8 Å². The number of aromatic amines is 1. The van der Waals surface area contributed by atoms with Crippen molar-refractivity contribution in [2.45, 2.75) is 33.7 Å². The molecular weight excluding hydrogens is 316 g/mol. The summed E-state index contributed by atoms with van der Waals surface area (Å²) in [6.07, 6.45) is 1.58. The van der Waals surface area contributed by atoms with E-state index in [1.54, 1.807) is 20.2 Å². The number of hydrogen-bond acceptors (Lipinski definition) is 5. The highest BCUT2D eigenvalue weighted by molar-refractivity contribution is 7.80. The van der Waals surface area contributed by atoms with E-state index in [-0.39, 0.29) is 12.0 Å². The lowest BCUT2D eigenvalue weighted by Gasteiger charge is -2.13. The summed E-state index contributed by atoms with van der Waals surface area (Å²) in [6.45, 7) is 8.28. The van der Waals surface area contributed by atoms with Gasteiger partial charge in [-0.05, 0) is 45.5 Å². The van der Waals surface area contributed by atoms with Gasteiger partial charge in [0.25, 0.3) is 0 Å². The highest BCUT2D eigenvalue weighted by Crippen LogP contribution is 2.17. The molecule has 1 atom stereocenters. The van der Waals surface area contributed by atoms with Crippen molar-refractivity contribution in [3.63, 3.8) is 0 Å². The van der Waals surface area contributed by atoms with Gasteiger partial charge in [0.15, 0.2) is 5.11 Å². The number of nitrogens with zero attached hydrogens (tertiary/aromatic N) is 1. The molecule has 0 fully saturated rings. The number of ether oxygens (including phenoxy) is 2. The zero-order chi connectivity index (χ0) is 17.4. The summed E-state index contributed by atoms with van der Waals surface area (Å²) in [5.74, 6) is -0.336. The zero-order valence-electron chi connectivity index (χ0n) is 14.1. The second-order valence-corrected chi connectivity index (χ2v) is 5.49. The van der Waals surface area contributed by atoms with Crippen molar-refractivity contribution in [1.29, 1.82) is 0 Å². The van der Waals surface area contributed by atoms with Crippen LogP contribution in [-0.4, -0.2) is 48.6 Å². The smallest absolute Gasteiger partial charge is 0.340 e. The average molecular weight is 340 g/mol. The monoisotopic (exact) mass is 340 g/mol. The van der Waals surface area contributed by atoms with Gasteiger partial charge in [0.05, 0.1) is 30.7 Å². The molecule has 0 aliphatic carbocycles. The zero-order valence-corrected chi connectivity index (χ0v) is 15.0. The lowest BCUT2D eigenvalue weighted by Crippen LogP contribution is -2.40. The third kappa shape index (κ3) is 5.65. The molecule has 0 spiro atoms. The van der Waals surface area contributed by atoms with E-state index in [1.807, 2.05) is 20.8 Å². The minimum atomic E-state index is -0.336. The fourth-order valence-electron chi connectivity index (χ4n) is 2.12. The number of hydrogen-bond donors (Lipinski definition) is 3. The predicted molar refractivity (Wildman–Crippen MR) is 94.0 cm³/mol. The lowest BCUT2D eigenvalue weighted by molar-refractivity contribution is 0.0525. The van der Waals surface area contributed by atoms with Crippen LogP contribution in [-0.2, 0) is 9.47 Å². The fraction of sp³-hybridized carbons (Fsp3) is 0.533. The molecule has 128 valence electrons. The number of esters is 1. The standard InChI is InChI=1S/C15H24N4O3S/c1-6-22-14(20)13-10(3)12(18-11(13)4)7-16-19-15(23)17-9(2)8-21-5/h7,9,18H,6,8H2,1-5H3,(H2,17,19,23)/b16-7+/t9-/m0/s1. The third-order valence-corrected chi connectivity index (χ3v) is 3.32. The first-order valence-electron chi connectivity index (χ1n) is 7.35. The number of carbonyl (C=O) groups is 1. The van der Waals surface area contributed by atoms with Crippen LogP contribution in [0.2, 0.25) is 0 Å². The lowest BCUT2D eigenvalue weighted by atomic mass is 10.1. The Morgan fingerprint density at radius 2 is 2.17 bits per heavy atom. The summed E-state index contributed by atoms with van der Waals surface area (Å²) in [6, 6.07) is 0.0834. The van der Waals surface area contributed by atoms with E-state index < -0.39 is 0 Å². The van der Waals surface area contributed by atoms with Crippen molar-refractivity contribution < 1.29 is 14.3 Å². The van der Waals surface area contributed by atoms with Crippen molar-refractivity contribution in [1.82, 2.24) is 15.7 Å². The van der Waals surface area contributed by atoms with Gasteiger partial charge in [0, 0.05) is 18.8 Å². The number of rotatable bonds is 7. The van der Waals surface area contributed by atoms with Crippen LogP contribution in [0.5, 0.6) is 0 Å². The fourth-order valence-corrected chi connectivity index (χ4v) is 2.37. The molecule has 3 N–H and O–H groups in total. The third-order valence-electron chi connectivity index (χ3n) is 3.11. The average Bonchev–Trinajstić information content (AvgIpc) is 2.74. The minimum Gasteiger partial charge on any atom is -0.462 e. The van der Waals surface area contributed by atoms with Crippen molar-refractivity contribution in [3.8, 4) is 0 Å². The Morgan fingerprint density at radius 3 is 2.78 bits per heavy atom. The number of hydrazone groups is 1. The number of aryl methyl sites for hydroxylation is 1. The van der Waals surface area contributed by atoms with Crippen LogP contribution >= 0.6 is 12.2 Å². The van der Waals surface area contributed by atoms with Crippen molar-refractivity contribution in [2.24, 2.45) is 5.10 Å². The van der Waals surface area contributed by atoms with E-state index in [0.717, 1.165) is 17.0 Å². The maximum Gasteiger partial charge on any atom is 0.340 e. The highest BCUT2D eigenvalue weighted by Gasteiger charge is 2.18. The van der Waals surface area contributed by atoms with Crippen LogP contribution < -0.4 is 10.7 Å². The second kappa shape index (κ2) is 9.26. The van der Waals surface area contributed by atoms with E-state index in [0.29, 0.717) is 23.9 Å². The largest absolute Gasteiger partial charge is 0.462 e. The number of H-pyrrole nitrogens is 1. The first-order chi connectivity index (χ1) is 10.9. The second-order valence-electron chi connectivity index (χ2n) is 5.08. The Morgan fingerprint density at radius 1 is 1.48 bits per heavy atom. The number of carbonyl (C=O) groups excluding carboxylic acids is 1. The number of aromatic nitrogens is 1. The molecule has 1 heterocycles. The van der Waals surface area contributed by atoms with Gasteiger partial charge in [-0.15, -0.1) is 0 Å². The van der Waals surface area contributed by atoms with Gasteiger partial charge in [-0.25, -0.2) is 4.79 Å². The van der Waals surface area contributed by atoms with Gasteiger partial charge in [-0.3, -0.25) is 5.43 Å². The highest BCUT2D eigenvalue weighted by atomic mass is 32.1.